The molecule has 0 unspecified atom stereocenters. The van der Waals surface area contributed by atoms with E-state index in [9.17, 15) is 4.79 Å². The lowest BCUT2D eigenvalue weighted by atomic mass is 10.3. The molecule has 5 nitrogen and oxygen atoms in total. The molecule has 0 aliphatic rings. The molecule has 0 bridgehead atoms. The predicted octanol–water partition coefficient (Wildman–Crippen LogP) is 3.11. The third-order valence-electron chi connectivity index (χ3n) is 2.01. The average Bonchev–Trinajstić information content (AvgIpc) is 2.66. The number of hydrogen-bond donors (Lipinski definition) is 0. The average molecular weight is 282 g/mol. The maximum atomic E-state index is 11.8. The standard InChI is InChI=1S/C11H5Cl2N3O2/c12-9-10(13)16(8(6-14)15-9)11(17)18-7-4-2-1-3-5-7/h1-5H. The summed E-state index contributed by atoms with van der Waals surface area (Å²) in [5, 5.41) is 8.53. The number of nitriles is 1. The highest BCUT2D eigenvalue weighted by Crippen LogP contribution is 2.23. The molecule has 0 aliphatic carbocycles. The first-order valence-corrected chi connectivity index (χ1v) is 5.50. The molecule has 0 radical (unpaired) electrons. The van der Waals surface area contributed by atoms with Crippen LogP contribution in [-0.2, 0) is 0 Å². The molecule has 0 fully saturated rings. The van der Waals surface area contributed by atoms with Crippen molar-refractivity contribution in [3.63, 3.8) is 0 Å². The van der Waals surface area contributed by atoms with E-state index in [0.717, 1.165) is 4.57 Å². The molecule has 18 heavy (non-hydrogen) atoms. The highest BCUT2D eigenvalue weighted by molar-refractivity contribution is 6.41. The van der Waals surface area contributed by atoms with Crippen LogP contribution in [0.3, 0.4) is 0 Å². The van der Waals surface area contributed by atoms with E-state index >= 15 is 0 Å². The Hall–Kier alpha value is -2.03. The van der Waals surface area contributed by atoms with Gasteiger partial charge in [-0.25, -0.2) is 14.3 Å². The Morgan fingerprint density at radius 3 is 2.61 bits per heavy atom. The van der Waals surface area contributed by atoms with Crippen molar-refractivity contribution in [1.82, 2.24) is 9.55 Å². The third kappa shape index (κ3) is 2.30. The van der Waals surface area contributed by atoms with Crippen LogP contribution >= 0.6 is 23.2 Å². The first kappa shape index (κ1) is 12.4. The number of rotatable bonds is 1. The van der Waals surface area contributed by atoms with Crippen LogP contribution in [-0.4, -0.2) is 15.6 Å². The molecule has 0 N–H and O–H groups in total. The van der Waals surface area contributed by atoms with Gasteiger partial charge in [0.2, 0.25) is 5.82 Å². The van der Waals surface area contributed by atoms with Gasteiger partial charge in [0.05, 0.1) is 0 Å². The molecule has 2 rings (SSSR count). The fourth-order valence-corrected chi connectivity index (χ4v) is 1.61. The fourth-order valence-electron chi connectivity index (χ4n) is 1.25. The summed E-state index contributed by atoms with van der Waals surface area (Å²) in [4.78, 5) is 15.5. The van der Waals surface area contributed by atoms with Crippen LogP contribution < -0.4 is 4.74 Å². The zero-order valence-corrected chi connectivity index (χ0v) is 10.3. The molecule has 0 amide bonds. The van der Waals surface area contributed by atoms with Gasteiger partial charge in [0, 0.05) is 0 Å². The van der Waals surface area contributed by atoms with E-state index in [4.69, 9.17) is 33.2 Å². The topological polar surface area (TPSA) is 67.9 Å². The summed E-state index contributed by atoms with van der Waals surface area (Å²) in [7, 11) is 0. The Bertz CT molecular complexity index is 632. The Morgan fingerprint density at radius 1 is 1.33 bits per heavy atom. The number of para-hydroxylation sites is 1. The van der Waals surface area contributed by atoms with Gasteiger partial charge >= 0.3 is 6.09 Å². The molecule has 0 saturated heterocycles. The van der Waals surface area contributed by atoms with Crippen LogP contribution in [0.1, 0.15) is 5.82 Å². The quantitative estimate of drug-likeness (QED) is 0.805. The predicted molar refractivity (Wildman–Crippen MR) is 64.8 cm³/mol. The lowest BCUT2D eigenvalue weighted by molar-refractivity contribution is 0.202. The normalized spacial score (nSPS) is 9.83. The van der Waals surface area contributed by atoms with Crippen molar-refractivity contribution in [2.24, 2.45) is 0 Å². The molecular weight excluding hydrogens is 277 g/mol. The van der Waals surface area contributed by atoms with Crippen molar-refractivity contribution in [2.45, 2.75) is 0 Å². The number of benzene rings is 1. The minimum absolute atomic E-state index is 0.127. The maximum absolute atomic E-state index is 11.8. The molecule has 0 saturated carbocycles. The Balaban J connectivity index is 2.33. The number of imidazole rings is 1. The van der Waals surface area contributed by atoms with Gasteiger partial charge in [-0.15, -0.1) is 0 Å². The van der Waals surface area contributed by atoms with E-state index in [1.165, 1.54) is 0 Å². The minimum Gasteiger partial charge on any atom is -0.410 e. The highest BCUT2D eigenvalue weighted by Gasteiger charge is 2.21. The van der Waals surface area contributed by atoms with Crippen LogP contribution in [0.5, 0.6) is 5.75 Å². The van der Waals surface area contributed by atoms with Gasteiger partial charge in [-0.1, -0.05) is 41.4 Å². The second-order valence-electron chi connectivity index (χ2n) is 3.15. The van der Waals surface area contributed by atoms with Gasteiger partial charge in [0.15, 0.2) is 10.3 Å². The van der Waals surface area contributed by atoms with Gasteiger partial charge in [-0.05, 0) is 12.1 Å². The number of carbonyl (C=O) groups is 1. The Kier molecular flexibility index (Phi) is 3.51. The van der Waals surface area contributed by atoms with Crippen LogP contribution in [0.2, 0.25) is 10.3 Å². The van der Waals surface area contributed by atoms with Gasteiger partial charge in [0.25, 0.3) is 0 Å². The van der Waals surface area contributed by atoms with Crippen molar-refractivity contribution in [3.05, 3.63) is 46.5 Å². The first-order chi connectivity index (χ1) is 8.63. The second-order valence-corrected chi connectivity index (χ2v) is 3.86. The van der Waals surface area contributed by atoms with Crippen LogP contribution in [0.4, 0.5) is 4.79 Å². The summed E-state index contributed by atoms with van der Waals surface area (Å²) in [6.07, 6.45) is -0.845. The van der Waals surface area contributed by atoms with Gasteiger partial charge < -0.3 is 4.74 Å². The fraction of sp³-hybridized carbons (Fsp3) is 0. The van der Waals surface area contributed by atoms with Crippen LogP contribution in [0.25, 0.3) is 0 Å². The Labute approximate surface area is 112 Å². The summed E-state index contributed by atoms with van der Waals surface area (Å²) in [5.74, 6) is 0.0956. The largest absolute Gasteiger partial charge is 0.427 e. The van der Waals surface area contributed by atoms with Gasteiger partial charge in [0.1, 0.15) is 11.8 Å². The number of nitrogens with zero attached hydrogens (tertiary/aromatic N) is 3. The summed E-state index contributed by atoms with van der Waals surface area (Å²) in [6, 6.07) is 10.1. The molecule has 7 heteroatoms. The molecular formula is C11H5Cl2N3O2. The number of carbonyl (C=O) groups excluding carboxylic acids is 1. The number of ether oxygens (including phenoxy) is 1. The molecule has 90 valence electrons. The van der Waals surface area contributed by atoms with E-state index in [1.807, 2.05) is 0 Å². The van der Waals surface area contributed by atoms with Crippen LogP contribution in [0.15, 0.2) is 30.3 Å². The van der Waals surface area contributed by atoms with E-state index in [-0.39, 0.29) is 16.1 Å². The van der Waals surface area contributed by atoms with Crippen molar-refractivity contribution < 1.29 is 9.53 Å². The zero-order chi connectivity index (χ0) is 13.1. The number of aromatic nitrogens is 2. The lowest BCUT2D eigenvalue weighted by Gasteiger charge is -2.05. The Morgan fingerprint density at radius 2 is 2.00 bits per heavy atom. The maximum Gasteiger partial charge on any atom is 0.427 e. The molecule has 2 aromatic rings. The molecule has 1 aromatic carbocycles. The third-order valence-corrected chi connectivity index (χ3v) is 2.72. The van der Waals surface area contributed by atoms with Gasteiger partial charge in [-0.2, -0.15) is 5.26 Å². The number of halogens is 2. The van der Waals surface area contributed by atoms with E-state index in [0.29, 0.717) is 5.75 Å². The molecule has 0 spiro atoms. The van der Waals surface area contributed by atoms with Crippen molar-refractivity contribution >= 4 is 29.3 Å². The number of hydrogen-bond acceptors (Lipinski definition) is 4. The second kappa shape index (κ2) is 5.08. The summed E-state index contributed by atoms with van der Waals surface area (Å²) in [5.41, 5.74) is 0. The monoisotopic (exact) mass is 281 g/mol. The van der Waals surface area contributed by atoms with Crippen molar-refractivity contribution in [2.75, 3.05) is 0 Å². The minimum atomic E-state index is -0.845. The zero-order valence-electron chi connectivity index (χ0n) is 8.80. The van der Waals surface area contributed by atoms with Crippen LogP contribution in [0, 0.1) is 11.3 Å². The highest BCUT2D eigenvalue weighted by atomic mass is 35.5. The molecule has 0 atom stereocenters. The van der Waals surface area contributed by atoms with E-state index < -0.39 is 6.09 Å². The summed E-state index contributed by atoms with van der Waals surface area (Å²) >= 11 is 11.4. The summed E-state index contributed by atoms with van der Waals surface area (Å²) < 4.78 is 5.83. The molecule has 1 aromatic heterocycles. The van der Waals surface area contributed by atoms with Gasteiger partial charge in [-0.3, -0.25) is 0 Å². The SMILES string of the molecule is N#Cc1nc(Cl)c(Cl)n1C(=O)Oc1ccccc1. The smallest absolute Gasteiger partial charge is 0.410 e. The van der Waals surface area contributed by atoms with E-state index in [2.05, 4.69) is 4.98 Å². The molecule has 0 aliphatic heterocycles. The summed E-state index contributed by atoms with van der Waals surface area (Å²) in [6.45, 7) is 0. The van der Waals surface area contributed by atoms with Crippen molar-refractivity contribution in [1.29, 1.82) is 5.26 Å². The lowest BCUT2D eigenvalue weighted by Crippen LogP contribution is -2.18. The first-order valence-electron chi connectivity index (χ1n) is 4.74. The molecule has 1 heterocycles. The van der Waals surface area contributed by atoms with E-state index in [1.54, 1.807) is 36.4 Å². The van der Waals surface area contributed by atoms with Crippen molar-refractivity contribution in [3.8, 4) is 11.8 Å².